The average molecular weight is 265 g/mol. The van der Waals surface area contributed by atoms with Gasteiger partial charge >= 0.3 is 0 Å². The van der Waals surface area contributed by atoms with Crippen LogP contribution in [0.1, 0.15) is 25.3 Å². The minimum Gasteiger partial charge on any atom is -0.467 e. The second kappa shape index (κ2) is 4.33. The zero-order chi connectivity index (χ0) is 13.6. The number of Topliss-reactive ketones (excluding diaryl/α,β-unsaturated/α-hetero) is 1. The number of ether oxygens (including phenoxy) is 1. The SMILES string of the molecule is CC1OC(NC2CC2)=C(c2cc(F)cc(F)c2)C1=O. The van der Waals surface area contributed by atoms with Gasteiger partial charge in [-0.2, -0.15) is 0 Å². The van der Waals surface area contributed by atoms with E-state index in [1.165, 1.54) is 0 Å². The Morgan fingerprint density at radius 2 is 1.84 bits per heavy atom. The maximum absolute atomic E-state index is 13.3. The van der Waals surface area contributed by atoms with Crippen LogP contribution in [0.25, 0.3) is 5.57 Å². The first-order valence-corrected chi connectivity index (χ1v) is 6.23. The summed E-state index contributed by atoms with van der Waals surface area (Å²) in [4.78, 5) is 12.1. The van der Waals surface area contributed by atoms with Gasteiger partial charge in [-0.3, -0.25) is 4.79 Å². The normalized spacial score (nSPS) is 22.7. The summed E-state index contributed by atoms with van der Waals surface area (Å²) in [5.41, 5.74) is 0.452. The molecule has 0 amide bonds. The van der Waals surface area contributed by atoms with Gasteiger partial charge in [0.05, 0.1) is 5.57 Å². The third kappa shape index (κ3) is 2.32. The number of carbonyl (C=O) groups is 1. The molecule has 1 N–H and O–H groups in total. The molecule has 1 saturated carbocycles. The van der Waals surface area contributed by atoms with Crippen LogP contribution in [0.3, 0.4) is 0 Å². The molecular weight excluding hydrogens is 252 g/mol. The van der Waals surface area contributed by atoms with E-state index >= 15 is 0 Å². The van der Waals surface area contributed by atoms with E-state index in [9.17, 15) is 13.6 Å². The number of nitrogens with one attached hydrogen (secondary N) is 1. The molecule has 1 aromatic carbocycles. The van der Waals surface area contributed by atoms with Crippen molar-refractivity contribution in [2.75, 3.05) is 0 Å². The van der Waals surface area contributed by atoms with Gasteiger partial charge in [-0.25, -0.2) is 8.78 Å². The van der Waals surface area contributed by atoms with Gasteiger partial charge in [0, 0.05) is 12.1 Å². The topological polar surface area (TPSA) is 38.3 Å². The molecule has 1 aliphatic carbocycles. The molecule has 3 rings (SSSR count). The summed E-state index contributed by atoms with van der Waals surface area (Å²) in [6.45, 7) is 1.62. The molecule has 1 atom stereocenters. The molecule has 0 spiro atoms. The van der Waals surface area contributed by atoms with Crippen LogP contribution < -0.4 is 5.32 Å². The van der Waals surface area contributed by atoms with Crippen LogP contribution >= 0.6 is 0 Å². The van der Waals surface area contributed by atoms with Crippen molar-refractivity contribution < 1.29 is 18.3 Å². The Hall–Kier alpha value is -1.91. The Balaban J connectivity index is 2.03. The van der Waals surface area contributed by atoms with Gasteiger partial charge in [0.25, 0.3) is 0 Å². The Morgan fingerprint density at radius 1 is 1.21 bits per heavy atom. The first-order valence-electron chi connectivity index (χ1n) is 6.23. The monoisotopic (exact) mass is 265 g/mol. The molecule has 2 aliphatic rings. The molecule has 0 saturated heterocycles. The average Bonchev–Trinajstić information content (AvgIpc) is 3.06. The van der Waals surface area contributed by atoms with Crippen molar-refractivity contribution in [3.63, 3.8) is 0 Å². The van der Waals surface area contributed by atoms with Crippen molar-refractivity contribution in [1.82, 2.24) is 5.32 Å². The Kier molecular flexibility index (Phi) is 2.77. The quantitative estimate of drug-likeness (QED) is 0.911. The summed E-state index contributed by atoms with van der Waals surface area (Å²) in [6, 6.07) is 3.36. The highest BCUT2D eigenvalue weighted by molar-refractivity contribution is 6.24. The first-order chi connectivity index (χ1) is 9.04. The largest absolute Gasteiger partial charge is 0.467 e. The molecule has 5 heteroatoms. The minimum atomic E-state index is -0.708. The molecule has 0 radical (unpaired) electrons. The number of rotatable bonds is 3. The Morgan fingerprint density at radius 3 is 2.42 bits per heavy atom. The molecule has 100 valence electrons. The number of hydrogen-bond acceptors (Lipinski definition) is 3. The maximum Gasteiger partial charge on any atom is 0.209 e. The molecule has 1 aromatic rings. The van der Waals surface area contributed by atoms with Gasteiger partial charge in [0.1, 0.15) is 11.6 Å². The third-order valence-corrected chi connectivity index (χ3v) is 3.20. The fourth-order valence-corrected chi connectivity index (χ4v) is 2.10. The Labute approximate surface area is 109 Å². The molecule has 1 aliphatic heterocycles. The van der Waals surface area contributed by atoms with E-state index in [0.717, 1.165) is 31.0 Å². The number of halogens is 2. The fourth-order valence-electron chi connectivity index (χ4n) is 2.10. The lowest BCUT2D eigenvalue weighted by atomic mass is 10.0. The molecule has 1 heterocycles. The molecule has 19 heavy (non-hydrogen) atoms. The highest BCUT2D eigenvalue weighted by Crippen LogP contribution is 2.32. The predicted molar refractivity (Wildman–Crippen MR) is 65.0 cm³/mol. The summed E-state index contributed by atoms with van der Waals surface area (Å²) in [5.74, 6) is -1.33. The summed E-state index contributed by atoms with van der Waals surface area (Å²) in [6.07, 6.45) is 1.41. The van der Waals surface area contributed by atoms with Crippen LogP contribution in [0.2, 0.25) is 0 Å². The van der Waals surface area contributed by atoms with Gasteiger partial charge < -0.3 is 10.1 Å². The van der Waals surface area contributed by atoms with Crippen LogP contribution in [0.4, 0.5) is 8.78 Å². The van der Waals surface area contributed by atoms with Crippen molar-refractivity contribution in [2.45, 2.75) is 31.9 Å². The second-order valence-electron chi connectivity index (χ2n) is 4.91. The van der Waals surface area contributed by atoms with Crippen LogP contribution in [0.5, 0.6) is 0 Å². The van der Waals surface area contributed by atoms with Gasteiger partial charge in [-0.15, -0.1) is 0 Å². The van der Waals surface area contributed by atoms with Crippen LogP contribution in [-0.2, 0) is 9.53 Å². The van der Waals surface area contributed by atoms with Crippen molar-refractivity contribution in [3.05, 3.63) is 41.3 Å². The lowest BCUT2D eigenvalue weighted by molar-refractivity contribution is -0.119. The van der Waals surface area contributed by atoms with Crippen LogP contribution in [0, 0.1) is 11.6 Å². The van der Waals surface area contributed by atoms with E-state index in [4.69, 9.17) is 4.74 Å². The van der Waals surface area contributed by atoms with E-state index in [1.807, 2.05) is 0 Å². The minimum absolute atomic E-state index is 0.218. The van der Waals surface area contributed by atoms with E-state index in [0.29, 0.717) is 11.9 Å². The molecule has 0 bridgehead atoms. The number of ketones is 1. The van der Waals surface area contributed by atoms with Crippen LogP contribution in [0.15, 0.2) is 24.1 Å². The summed E-state index contributed by atoms with van der Waals surface area (Å²) < 4.78 is 32.0. The molecule has 1 fully saturated rings. The number of carbonyl (C=O) groups excluding carboxylic acids is 1. The Bertz CT molecular complexity index is 559. The van der Waals surface area contributed by atoms with Gasteiger partial charge in [-0.05, 0) is 37.5 Å². The predicted octanol–water partition coefficient (Wildman–Crippen LogP) is 2.37. The second-order valence-corrected chi connectivity index (χ2v) is 4.91. The van der Waals surface area contributed by atoms with Crippen LogP contribution in [-0.4, -0.2) is 17.9 Å². The number of benzene rings is 1. The smallest absolute Gasteiger partial charge is 0.209 e. The summed E-state index contributed by atoms with van der Waals surface area (Å²) in [5, 5.41) is 3.09. The lowest BCUT2D eigenvalue weighted by Gasteiger charge is -2.09. The van der Waals surface area contributed by atoms with E-state index in [2.05, 4.69) is 5.32 Å². The highest BCUT2D eigenvalue weighted by atomic mass is 19.1. The van der Waals surface area contributed by atoms with E-state index in [1.54, 1.807) is 6.92 Å². The zero-order valence-corrected chi connectivity index (χ0v) is 10.4. The van der Waals surface area contributed by atoms with Gasteiger partial charge in [0.15, 0.2) is 12.0 Å². The highest BCUT2D eigenvalue weighted by Gasteiger charge is 2.36. The standard InChI is InChI=1S/C14H13F2NO2/c1-7-13(18)12(14(19-7)17-11-2-3-11)8-4-9(15)6-10(16)5-8/h4-7,11,17H,2-3H2,1H3. The molecule has 0 aromatic heterocycles. The van der Waals surface area contributed by atoms with Crippen molar-refractivity contribution in [3.8, 4) is 0 Å². The number of hydrogen-bond donors (Lipinski definition) is 1. The van der Waals surface area contributed by atoms with Crippen molar-refractivity contribution >= 4 is 11.4 Å². The van der Waals surface area contributed by atoms with Gasteiger partial charge in [-0.1, -0.05) is 0 Å². The summed E-state index contributed by atoms with van der Waals surface area (Å²) >= 11 is 0. The zero-order valence-electron chi connectivity index (χ0n) is 10.4. The van der Waals surface area contributed by atoms with Gasteiger partial charge in [0.2, 0.25) is 5.78 Å². The lowest BCUT2D eigenvalue weighted by Crippen LogP contribution is -2.18. The van der Waals surface area contributed by atoms with E-state index < -0.39 is 17.7 Å². The van der Waals surface area contributed by atoms with E-state index in [-0.39, 0.29) is 16.9 Å². The maximum atomic E-state index is 13.3. The summed E-state index contributed by atoms with van der Waals surface area (Å²) in [7, 11) is 0. The molecular formula is C14H13F2NO2. The van der Waals surface area contributed by atoms with Crippen molar-refractivity contribution in [2.24, 2.45) is 0 Å². The molecule has 1 unspecified atom stereocenters. The first kappa shape index (κ1) is 12.1. The third-order valence-electron chi connectivity index (χ3n) is 3.20. The fraction of sp³-hybridized carbons (Fsp3) is 0.357. The molecule has 3 nitrogen and oxygen atoms in total. The van der Waals surface area contributed by atoms with Crippen molar-refractivity contribution in [1.29, 1.82) is 0 Å².